The highest BCUT2D eigenvalue weighted by atomic mass is 16.5. The van der Waals surface area contributed by atoms with Crippen molar-refractivity contribution in [2.45, 2.75) is 39.7 Å². The number of fused-ring (bicyclic) bond motifs is 1. The van der Waals surface area contributed by atoms with Crippen LogP contribution in [0.2, 0.25) is 0 Å². The van der Waals surface area contributed by atoms with Crippen LogP contribution in [0.4, 0.5) is 5.82 Å². The number of anilines is 1. The predicted octanol–water partition coefficient (Wildman–Crippen LogP) is 4.37. The van der Waals surface area contributed by atoms with E-state index in [0.29, 0.717) is 6.61 Å². The summed E-state index contributed by atoms with van der Waals surface area (Å²) in [5, 5.41) is 4.50. The zero-order valence-electron chi connectivity index (χ0n) is 12.5. The second-order valence-corrected chi connectivity index (χ2v) is 4.98. The number of ether oxygens (including phenoxy) is 1. The highest BCUT2D eigenvalue weighted by molar-refractivity contribution is 5.81. The Morgan fingerprint density at radius 1 is 1.15 bits per heavy atom. The van der Waals surface area contributed by atoms with Crippen molar-refractivity contribution in [3.63, 3.8) is 0 Å². The molecule has 0 saturated carbocycles. The maximum Gasteiger partial charge on any atom is 0.132 e. The van der Waals surface area contributed by atoms with Gasteiger partial charge < -0.3 is 10.1 Å². The lowest BCUT2D eigenvalue weighted by Crippen LogP contribution is -2.05. The Labute approximate surface area is 121 Å². The first-order valence-electron chi connectivity index (χ1n) is 7.55. The molecule has 2 rings (SSSR count). The summed E-state index contributed by atoms with van der Waals surface area (Å²) in [6.45, 7) is 6.61. The molecule has 0 aliphatic carbocycles. The number of nitrogens with one attached hydrogen (secondary N) is 1. The van der Waals surface area contributed by atoms with E-state index in [0.717, 1.165) is 36.5 Å². The number of nitrogens with zero attached hydrogens (tertiary/aromatic N) is 1. The van der Waals surface area contributed by atoms with Crippen LogP contribution < -0.4 is 5.32 Å². The van der Waals surface area contributed by atoms with Gasteiger partial charge >= 0.3 is 0 Å². The summed E-state index contributed by atoms with van der Waals surface area (Å²) >= 11 is 0. The van der Waals surface area contributed by atoms with Gasteiger partial charge in [-0.2, -0.15) is 0 Å². The first-order valence-corrected chi connectivity index (χ1v) is 7.55. The number of aromatic nitrogens is 1. The minimum absolute atomic E-state index is 0.629. The molecule has 1 aromatic heterocycles. The molecule has 0 aliphatic rings. The van der Waals surface area contributed by atoms with Crippen molar-refractivity contribution < 1.29 is 4.74 Å². The van der Waals surface area contributed by atoms with E-state index < -0.39 is 0 Å². The van der Waals surface area contributed by atoms with Gasteiger partial charge in [-0.25, -0.2) is 4.98 Å². The molecule has 1 aromatic carbocycles. The lowest BCUT2D eigenvalue weighted by Gasteiger charge is -2.12. The molecule has 108 valence electrons. The fourth-order valence-corrected chi connectivity index (χ4v) is 2.23. The Bertz CT molecular complexity index is 540. The van der Waals surface area contributed by atoms with Crippen molar-refractivity contribution in [1.82, 2.24) is 4.98 Å². The van der Waals surface area contributed by atoms with Crippen LogP contribution in [0.25, 0.3) is 10.9 Å². The van der Waals surface area contributed by atoms with Gasteiger partial charge in [-0.15, -0.1) is 0 Å². The van der Waals surface area contributed by atoms with E-state index in [1.54, 1.807) is 0 Å². The first kappa shape index (κ1) is 14.8. The third-order valence-electron chi connectivity index (χ3n) is 3.30. The molecule has 2 aromatic rings. The molecule has 0 radical (unpaired) electrons. The minimum Gasteiger partial charge on any atom is -0.377 e. The number of hydrogen-bond donors (Lipinski definition) is 1. The van der Waals surface area contributed by atoms with Crippen LogP contribution in [0.5, 0.6) is 0 Å². The molecule has 1 heterocycles. The van der Waals surface area contributed by atoms with Gasteiger partial charge in [0.15, 0.2) is 0 Å². The summed E-state index contributed by atoms with van der Waals surface area (Å²) in [6.07, 6.45) is 3.59. The van der Waals surface area contributed by atoms with Crippen LogP contribution in [0.1, 0.15) is 38.7 Å². The summed E-state index contributed by atoms with van der Waals surface area (Å²) in [5.41, 5.74) is 2.17. The van der Waals surface area contributed by atoms with Crippen LogP contribution in [-0.2, 0) is 11.3 Å². The van der Waals surface area contributed by atoms with Gasteiger partial charge in [-0.1, -0.05) is 38.0 Å². The van der Waals surface area contributed by atoms with Gasteiger partial charge in [0, 0.05) is 24.1 Å². The average molecular weight is 272 g/mol. The number of benzene rings is 1. The van der Waals surface area contributed by atoms with E-state index in [-0.39, 0.29) is 0 Å². The molecule has 0 saturated heterocycles. The normalized spacial score (nSPS) is 10.9. The molecular weight excluding hydrogens is 248 g/mol. The second kappa shape index (κ2) is 7.85. The Morgan fingerprint density at radius 3 is 2.80 bits per heavy atom. The summed E-state index contributed by atoms with van der Waals surface area (Å²) in [7, 11) is 0. The topological polar surface area (TPSA) is 34.1 Å². The van der Waals surface area contributed by atoms with Crippen molar-refractivity contribution in [3.05, 3.63) is 35.9 Å². The van der Waals surface area contributed by atoms with Crippen LogP contribution in [0.15, 0.2) is 30.3 Å². The van der Waals surface area contributed by atoms with Gasteiger partial charge in [0.05, 0.1) is 12.1 Å². The van der Waals surface area contributed by atoms with Crippen LogP contribution >= 0.6 is 0 Å². The van der Waals surface area contributed by atoms with Gasteiger partial charge in [0.2, 0.25) is 0 Å². The molecule has 0 amide bonds. The van der Waals surface area contributed by atoms with E-state index in [9.17, 15) is 0 Å². The van der Waals surface area contributed by atoms with E-state index in [2.05, 4.69) is 36.3 Å². The van der Waals surface area contributed by atoms with E-state index in [4.69, 9.17) is 4.74 Å². The van der Waals surface area contributed by atoms with Gasteiger partial charge in [0.1, 0.15) is 5.82 Å². The van der Waals surface area contributed by atoms with E-state index >= 15 is 0 Å². The number of pyridine rings is 1. The molecule has 3 heteroatoms. The summed E-state index contributed by atoms with van der Waals surface area (Å²) in [4.78, 5) is 4.69. The lowest BCUT2D eigenvalue weighted by molar-refractivity contribution is 0.117. The van der Waals surface area contributed by atoms with Gasteiger partial charge in [-0.05, 0) is 25.5 Å². The second-order valence-electron chi connectivity index (χ2n) is 4.98. The predicted molar refractivity (Wildman–Crippen MR) is 85.1 cm³/mol. The van der Waals surface area contributed by atoms with E-state index in [1.807, 2.05) is 18.2 Å². The third-order valence-corrected chi connectivity index (χ3v) is 3.30. The molecule has 0 bridgehead atoms. The molecule has 3 nitrogen and oxygen atoms in total. The monoisotopic (exact) mass is 272 g/mol. The van der Waals surface area contributed by atoms with Crippen LogP contribution in [-0.4, -0.2) is 18.1 Å². The highest BCUT2D eigenvalue weighted by Gasteiger charge is 2.06. The van der Waals surface area contributed by atoms with E-state index in [1.165, 1.54) is 18.2 Å². The Kier molecular flexibility index (Phi) is 5.81. The van der Waals surface area contributed by atoms with Crippen molar-refractivity contribution in [3.8, 4) is 0 Å². The molecule has 20 heavy (non-hydrogen) atoms. The number of para-hydroxylation sites is 1. The molecule has 0 fully saturated rings. The smallest absolute Gasteiger partial charge is 0.132 e. The molecule has 0 aliphatic heterocycles. The fourth-order valence-electron chi connectivity index (χ4n) is 2.23. The summed E-state index contributed by atoms with van der Waals surface area (Å²) < 4.78 is 5.78. The van der Waals surface area contributed by atoms with Crippen molar-refractivity contribution in [1.29, 1.82) is 0 Å². The quantitative estimate of drug-likeness (QED) is 0.724. The van der Waals surface area contributed by atoms with Gasteiger partial charge in [0.25, 0.3) is 0 Å². The zero-order valence-corrected chi connectivity index (χ0v) is 12.5. The molecule has 1 N–H and O–H groups in total. The standard InChI is InChI=1S/C17H24N2O/c1-3-5-8-11-20-13-15-12-14-9-6-7-10-16(14)19-17(15)18-4-2/h6-7,9-10,12H,3-5,8,11,13H2,1-2H3,(H,18,19). The molecular formula is C17H24N2O. The number of unbranched alkanes of at least 4 members (excludes halogenated alkanes) is 2. The minimum atomic E-state index is 0.629. The number of rotatable bonds is 8. The Morgan fingerprint density at radius 2 is 2.00 bits per heavy atom. The summed E-state index contributed by atoms with van der Waals surface area (Å²) in [6, 6.07) is 10.4. The lowest BCUT2D eigenvalue weighted by atomic mass is 10.1. The van der Waals surface area contributed by atoms with Gasteiger partial charge in [-0.3, -0.25) is 0 Å². The van der Waals surface area contributed by atoms with Crippen molar-refractivity contribution in [2.75, 3.05) is 18.5 Å². The third kappa shape index (κ3) is 3.94. The largest absolute Gasteiger partial charge is 0.377 e. The highest BCUT2D eigenvalue weighted by Crippen LogP contribution is 2.21. The SMILES string of the molecule is CCCCCOCc1cc2ccccc2nc1NCC. The first-order chi connectivity index (χ1) is 9.85. The maximum absolute atomic E-state index is 5.78. The summed E-state index contributed by atoms with van der Waals surface area (Å²) in [5.74, 6) is 0.946. The maximum atomic E-state index is 5.78. The zero-order chi connectivity index (χ0) is 14.2. The van der Waals surface area contributed by atoms with Crippen LogP contribution in [0, 0.1) is 0 Å². The average Bonchev–Trinajstić information content (AvgIpc) is 2.47. The molecule has 0 atom stereocenters. The van der Waals surface area contributed by atoms with Crippen LogP contribution in [0.3, 0.4) is 0 Å². The molecule has 0 spiro atoms. The fraction of sp³-hybridized carbons (Fsp3) is 0.471. The Hall–Kier alpha value is -1.61. The Balaban J connectivity index is 2.10. The van der Waals surface area contributed by atoms with Crippen molar-refractivity contribution >= 4 is 16.7 Å². The molecule has 0 unspecified atom stereocenters. The number of hydrogen-bond acceptors (Lipinski definition) is 3. The van der Waals surface area contributed by atoms with Crippen molar-refractivity contribution in [2.24, 2.45) is 0 Å².